The molecule has 1 aromatic rings. The fourth-order valence-corrected chi connectivity index (χ4v) is 0.856. The first-order valence-electron chi connectivity index (χ1n) is 5.43. The molecular formula is C14H14O8. The van der Waals surface area contributed by atoms with Crippen LogP contribution in [0.3, 0.4) is 0 Å². The number of benzene rings is 1. The summed E-state index contributed by atoms with van der Waals surface area (Å²) < 4.78 is 0. The second kappa shape index (κ2) is 11.4. The Balaban J connectivity index is 0. The second-order valence-electron chi connectivity index (χ2n) is 3.24. The van der Waals surface area contributed by atoms with Crippen LogP contribution in [0.15, 0.2) is 49.6 Å². The monoisotopic (exact) mass is 310 g/mol. The Bertz CT molecular complexity index is 523. The van der Waals surface area contributed by atoms with Crippen molar-refractivity contribution in [2.24, 2.45) is 0 Å². The van der Waals surface area contributed by atoms with Gasteiger partial charge in [-0.15, -0.1) is 0 Å². The van der Waals surface area contributed by atoms with Gasteiger partial charge in [0.15, 0.2) is 0 Å². The molecule has 118 valence electrons. The van der Waals surface area contributed by atoms with Gasteiger partial charge < -0.3 is 20.4 Å². The quantitative estimate of drug-likeness (QED) is 0.612. The second-order valence-corrected chi connectivity index (χ2v) is 3.24. The molecule has 0 saturated heterocycles. The Labute approximate surface area is 125 Å². The van der Waals surface area contributed by atoms with E-state index in [-0.39, 0.29) is 11.1 Å². The Morgan fingerprint density at radius 2 is 0.955 bits per heavy atom. The maximum Gasteiger partial charge on any atom is 0.336 e. The first kappa shape index (κ1) is 20.9. The lowest BCUT2D eigenvalue weighted by molar-refractivity contribution is -0.132. The standard InChI is InChI=1S/C8H6O4.2C3H4O2/c9-7(10)5-3-1-2-4-6(5)8(11)12;2*1-2-3(4)5/h1-4H,(H,9,10)(H,11,12);2*2H,1H2,(H,4,5). The van der Waals surface area contributed by atoms with E-state index >= 15 is 0 Å². The van der Waals surface area contributed by atoms with Crippen LogP contribution in [0.1, 0.15) is 20.7 Å². The Hall–Kier alpha value is -3.42. The van der Waals surface area contributed by atoms with Crippen LogP contribution < -0.4 is 0 Å². The molecule has 22 heavy (non-hydrogen) atoms. The van der Waals surface area contributed by atoms with Crippen molar-refractivity contribution in [1.29, 1.82) is 0 Å². The molecule has 0 amide bonds. The van der Waals surface area contributed by atoms with Gasteiger partial charge in [-0.3, -0.25) is 0 Å². The lowest BCUT2D eigenvalue weighted by Crippen LogP contribution is -2.06. The van der Waals surface area contributed by atoms with E-state index in [9.17, 15) is 19.2 Å². The normalized spacial score (nSPS) is 8.00. The van der Waals surface area contributed by atoms with Gasteiger partial charge in [-0.1, -0.05) is 25.3 Å². The van der Waals surface area contributed by atoms with E-state index in [1.165, 1.54) is 24.3 Å². The van der Waals surface area contributed by atoms with Crippen molar-refractivity contribution in [3.63, 3.8) is 0 Å². The summed E-state index contributed by atoms with van der Waals surface area (Å²) in [6, 6.07) is 5.48. The first-order valence-corrected chi connectivity index (χ1v) is 5.43. The average Bonchev–Trinajstić information content (AvgIpc) is 2.48. The molecule has 0 aliphatic heterocycles. The third-order valence-corrected chi connectivity index (χ3v) is 1.74. The molecule has 0 atom stereocenters. The number of carbonyl (C=O) groups is 4. The molecule has 4 N–H and O–H groups in total. The van der Waals surface area contributed by atoms with Gasteiger partial charge in [0.1, 0.15) is 0 Å². The van der Waals surface area contributed by atoms with Crippen LogP contribution in [0.25, 0.3) is 0 Å². The molecule has 0 fully saturated rings. The number of carboxylic acid groups (broad SMARTS) is 4. The molecule has 0 aliphatic rings. The minimum absolute atomic E-state index is 0.190. The van der Waals surface area contributed by atoms with E-state index < -0.39 is 23.9 Å². The molecule has 0 saturated carbocycles. The van der Waals surface area contributed by atoms with E-state index in [0.717, 1.165) is 12.2 Å². The number of hydrogen-bond acceptors (Lipinski definition) is 4. The molecule has 8 heteroatoms. The molecule has 0 aromatic heterocycles. The molecule has 1 aromatic carbocycles. The van der Waals surface area contributed by atoms with Crippen LogP contribution in [0.5, 0.6) is 0 Å². The van der Waals surface area contributed by atoms with Gasteiger partial charge in [-0.2, -0.15) is 0 Å². The van der Waals surface area contributed by atoms with E-state index in [2.05, 4.69) is 13.2 Å². The summed E-state index contributed by atoms with van der Waals surface area (Å²) in [4.78, 5) is 39.4. The molecule has 0 spiro atoms. The van der Waals surface area contributed by atoms with Gasteiger partial charge in [0.2, 0.25) is 0 Å². The summed E-state index contributed by atoms with van der Waals surface area (Å²) in [5, 5.41) is 32.3. The number of carboxylic acids is 4. The zero-order chi connectivity index (χ0) is 17.7. The van der Waals surface area contributed by atoms with E-state index in [1.807, 2.05) is 0 Å². The lowest BCUT2D eigenvalue weighted by Gasteiger charge is -1.98. The first-order chi connectivity index (χ1) is 10.2. The van der Waals surface area contributed by atoms with Crippen molar-refractivity contribution in [2.75, 3.05) is 0 Å². The molecular weight excluding hydrogens is 296 g/mol. The van der Waals surface area contributed by atoms with Crippen molar-refractivity contribution in [2.45, 2.75) is 0 Å². The van der Waals surface area contributed by atoms with Crippen LogP contribution in [-0.4, -0.2) is 44.3 Å². The van der Waals surface area contributed by atoms with E-state index in [0.29, 0.717) is 0 Å². The Morgan fingerprint density at radius 3 is 1.09 bits per heavy atom. The zero-order valence-electron chi connectivity index (χ0n) is 11.3. The van der Waals surface area contributed by atoms with Crippen LogP contribution >= 0.6 is 0 Å². The predicted molar refractivity (Wildman–Crippen MR) is 76.0 cm³/mol. The maximum atomic E-state index is 10.5. The SMILES string of the molecule is C=CC(=O)O.C=CC(=O)O.O=C(O)c1ccccc1C(=O)O. The molecule has 0 aliphatic carbocycles. The fourth-order valence-electron chi connectivity index (χ4n) is 0.856. The van der Waals surface area contributed by atoms with Gasteiger partial charge in [-0.25, -0.2) is 19.2 Å². The van der Waals surface area contributed by atoms with Crippen LogP contribution in [0, 0.1) is 0 Å². The van der Waals surface area contributed by atoms with Crippen molar-refractivity contribution < 1.29 is 39.6 Å². The van der Waals surface area contributed by atoms with Gasteiger partial charge in [0.25, 0.3) is 0 Å². The molecule has 0 radical (unpaired) electrons. The van der Waals surface area contributed by atoms with Crippen LogP contribution in [0.2, 0.25) is 0 Å². The number of aliphatic carboxylic acids is 2. The third-order valence-electron chi connectivity index (χ3n) is 1.74. The highest BCUT2D eigenvalue weighted by molar-refractivity contribution is 6.01. The minimum atomic E-state index is -1.23. The Kier molecular flexibility index (Phi) is 10.8. The van der Waals surface area contributed by atoms with Crippen molar-refractivity contribution >= 4 is 23.9 Å². The summed E-state index contributed by atoms with van der Waals surface area (Å²) in [7, 11) is 0. The van der Waals surface area contributed by atoms with E-state index in [1.54, 1.807) is 0 Å². The summed E-state index contributed by atoms with van der Waals surface area (Å²) in [6.07, 6.45) is 1.67. The summed E-state index contributed by atoms with van der Waals surface area (Å²) >= 11 is 0. The number of rotatable bonds is 4. The van der Waals surface area contributed by atoms with Gasteiger partial charge in [0.05, 0.1) is 11.1 Å². The Morgan fingerprint density at radius 1 is 0.727 bits per heavy atom. The molecule has 1 rings (SSSR count). The van der Waals surface area contributed by atoms with Crippen molar-refractivity contribution in [1.82, 2.24) is 0 Å². The molecule has 0 unspecified atom stereocenters. The molecule has 0 bridgehead atoms. The summed E-state index contributed by atoms with van der Waals surface area (Å²) in [6.45, 7) is 5.92. The highest BCUT2D eigenvalue weighted by atomic mass is 16.4. The van der Waals surface area contributed by atoms with Gasteiger partial charge in [-0.05, 0) is 12.1 Å². The smallest absolute Gasteiger partial charge is 0.336 e. The lowest BCUT2D eigenvalue weighted by atomic mass is 10.1. The summed E-state index contributed by atoms with van der Waals surface area (Å²) in [5.41, 5.74) is -0.380. The largest absolute Gasteiger partial charge is 0.478 e. The summed E-state index contributed by atoms with van der Waals surface area (Å²) in [5.74, 6) is -4.42. The number of aromatic carboxylic acids is 2. The number of hydrogen-bond donors (Lipinski definition) is 4. The van der Waals surface area contributed by atoms with Crippen LogP contribution in [-0.2, 0) is 9.59 Å². The topological polar surface area (TPSA) is 149 Å². The highest BCUT2D eigenvalue weighted by Gasteiger charge is 2.13. The van der Waals surface area contributed by atoms with Crippen molar-refractivity contribution in [3.05, 3.63) is 60.7 Å². The predicted octanol–water partition coefficient (Wildman–Crippen LogP) is 1.60. The molecule has 8 nitrogen and oxygen atoms in total. The molecule has 0 heterocycles. The van der Waals surface area contributed by atoms with Gasteiger partial charge in [0, 0.05) is 12.2 Å². The van der Waals surface area contributed by atoms with Crippen molar-refractivity contribution in [3.8, 4) is 0 Å². The fraction of sp³-hybridized carbons (Fsp3) is 0. The minimum Gasteiger partial charge on any atom is -0.478 e. The van der Waals surface area contributed by atoms with Crippen LogP contribution in [0.4, 0.5) is 0 Å². The average molecular weight is 310 g/mol. The zero-order valence-corrected chi connectivity index (χ0v) is 11.3. The van der Waals surface area contributed by atoms with Gasteiger partial charge >= 0.3 is 23.9 Å². The van der Waals surface area contributed by atoms with E-state index in [4.69, 9.17) is 20.4 Å². The maximum absolute atomic E-state index is 10.5. The highest BCUT2D eigenvalue weighted by Crippen LogP contribution is 2.07. The third kappa shape index (κ3) is 10.5.